The largest absolute Gasteiger partial charge is 0.378 e. The molecule has 0 fully saturated rings. The average molecular weight is 207 g/mol. The highest BCUT2D eigenvalue weighted by atomic mass is 32.1. The van der Waals surface area contributed by atoms with Gasteiger partial charge in [-0.1, -0.05) is 6.07 Å². The highest BCUT2D eigenvalue weighted by Gasteiger charge is 2.15. The van der Waals surface area contributed by atoms with E-state index in [0.29, 0.717) is 5.25 Å². The Morgan fingerprint density at radius 2 is 2.07 bits per heavy atom. The van der Waals surface area contributed by atoms with Gasteiger partial charge in [0.25, 0.3) is 0 Å². The summed E-state index contributed by atoms with van der Waals surface area (Å²) < 4.78 is 0. The molecule has 2 rings (SSSR count). The Hall–Kier alpha value is -0.630. The number of aryl methyl sites for hydroxylation is 1. The van der Waals surface area contributed by atoms with Crippen LogP contribution >= 0.6 is 12.6 Å². The van der Waals surface area contributed by atoms with E-state index in [1.807, 2.05) is 0 Å². The molecule has 0 radical (unpaired) electrons. The number of hydrogen-bond acceptors (Lipinski definition) is 2. The number of thiol groups is 1. The van der Waals surface area contributed by atoms with Gasteiger partial charge in [-0.3, -0.25) is 0 Å². The number of anilines is 1. The van der Waals surface area contributed by atoms with Crippen molar-refractivity contribution in [2.45, 2.75) is 24.5 Å². The molecule has 1 nitrogen and oxygen atoms in total. The molecule has 0 spiro atoms. The molecule has 14 heavy (non-hydrogen) atoms. The Balaban J connectivity index is 2.31. The van der Waals surface area contributed by atoms with Crippen molar-refractivity contribution in [1.82, 2.24) is 0 Å². The summed E-state index contributed by atoms with van der Waals surface area (Å²) in [6.07, 6.45) is 3.53. The molecule has 0 bridgehead atoms. The minimum Gasteiger partial charge on any atom is -0.378 e. The molecule has 1 aliphatic carbocycles. The van der Waals surface area contributed by atoms with Crippen molar-refractivity contribution >= 4 is 18.3 Å². The Kier molecular flexibility index (Phi) is 2.73. The van der Waals surface area contributed by atoms with Gasteiger partial charge in [0.1, 0.15) is 0 Å². The first-order valence-corrected chi connectivity index (χ1v) is 5.65. The molecule has 76 valence electrons. The quantitative estimate of drug-likeness (QED) is 0.693. The molecule has 1 unspecified atom stereocenters. The van der Waals surface area contributed by atoms with Crippen LogP contribution in [0.5, 0.6) is 0 Å². The van der Waals surface area contributed by atoms with Crippen LogP contribution in [0.25, 0.3) is 0 Å². The first-order chi connectivity index (χ1) is 6.66. The van der Waals surface area contributed by atoms with Crippen LogP contribution in [0.2, 0.25) is 0 Å². The fourth-order valence-corrected chi connectivity index (χ4v) is 2.33. The molecule has 0 heterocycles. The lowest BCUT2D eigenvalue weighted by molar-refractivity contribution is 0.706. The lowest BCUT2D eigenvalue weighted by Crippen LogP contribution is -2.15. The van der Waals surface area contributed by atoms with Gasteiger partial charge in [0.2, 0.25) is 0 Å². The van der Waals surface area contributed by atoms with E-state index in [2.05, 4.69) is 49.8 Å². The van der Waals surface area contributed by atoms with Gasteiger partial charge >= 0.3 is 0 Å². The highest BCUT2D eigenvalue weighted by molar-refractivity contribution is 7.80. The molecule has 0 saturated carbocycles. The molecule has 2 heteroatoms. The molecule has 0 N–H and O–H groups in total. The van der Waals surface area contributed by atoms with Crippen LogP contribution in [0.3, 0.4) is 0 Å². The lowest BCUT2D eigenvalue weighted by atomic mass is 9.91. The van der Waals surface area contributed by atoms with Gasteiger partial charge in [-0.25, -0.2) is 0 Å². The Bertz CT molecular complexity index is 333. The van der Waals surface area contributed by atoms with Crippen molar-refractivity contribution in [2.24, 2.45) is 0 Å². The second-order valence-electron chi connectivity index (χ2n) is 4.24. The molecule has 0 amide bonds. The summed E-state index contributed by atoms with van der Waals surface area (Å²) in [4.78, 5) is 2.16. The SMILES string of the molecule is CN(C)c1ccc2c(c1)CCC(S)C2. The van der Waals surface area contributed by atoms with Crippen LogP contribution in [-0.2, 0) is 12.8 Å². The minimum atomic E-state index is 0.563. The summed E-state index contributed by atoms with van der Waals surface area (Å²) in [5.74, 6) is 0. The van der Waals surface area contributed by atoms with Gasteiger partial charge < -0.3 is 4.90 Å². The van der Waals surface area contributed by atoms with Crippen molar-refractivity contribution < 1.29 is 0 Å². The summed E-state index contributed by atoms with van der Waals surface area (Å²) in [6.45, 7) is 0. The van der Waals surface area contributed by atoms with E-state index < -0.39 is 0 Å². The van der Waals surface area contributed by atoms with Crippen molar-refractivity contribution in [3.05, 3.63) is 29.3 Å². The zero-order valence-corrected chi connectivity index (χ0v) is 9.72. The first-order valence-electron chi connectivity index (χ1n) is 5.14. The van der Waals surface area contributed by atoms with E-state index in [4.69, 9.17) is 0 Å². The maximum absolute atomic E-state index is 4.54. The summed E-state index contributed by atoms with van der Waals surface area (Å²) in [6, 6.07) is 6.77. The van der Waals surface area contributed by atoms with Crippen molar-refractivity contribution in [3.8, 4) is 0 Å². The minimum absolute atomic E-state index is 0.563. The highest BCUT2D eigenvalue weighted by Crippen LogP contribution is 2.27. The number of fused-ring (bicyclic) bond motifs is 1. The van der Waals surface area contributed by atoms with Crippen molar-refractivity contribution in [3.63, 3.8) is 0 Å². The fraction of sp³-hybridized carbons (Fsp3) is 0.500. The van der Waals surface area contributed by atoms with E-state index in [0.717, 1.165) is 6.42 Å². The fourth-order valence-electron chi connectivity index (χ4n) is 2.00. The van der Waals surface area contributed by atoms with Crippen LogP contribution in [-0.4, -0.2) is 19.3 Å². The summed E-state index contributed by atoms with van der Waals surface area (Å²) >= 11 is 4.54. The molecule has 1 aromatic rings. The third-order valence-electron chi connectivity index (χ3n) is 2.91. The van der Waals surface area contributed by atoms with Crippen LogP contribution in [0, 0.1) is 0 Å². The molecule has 0 aliphatic heterocycles. The Labute approximate surface area is 91.5 Å². The standard InChI is InChI=1S/C12H17NS/c1-13(2)11-5-3-10-8-12(14)6-4-9(10)7-11/h3,5,7,12,14H,4,6,8H2,1-2H3. The summed E-state index contributed by atoms with van der Waals surface area (Å²) in [7, 11) is 4.18. The van der Waals surface area contributed by atoms with Gasteiger partial charge in [0, 0.05) is 25.0 Å². The van der Waals surface area contributed by atoms with E-state index in [1.165, 1.54) is 29.7 Å². The van der Waals surface area contributed by atoms with Crippen LogP contribution in [0.4, 0.5) is 5.69 Å². The maximum Gasteiger partial charge on any atom is 0.0363 e. The zero-order valence-electron chi connectivity index (χ0n) is 8.83. The predicted octanol–water partition coefficient (Wildman–Crippen LogP) is 2.54. The third-order valence-corrected chi connectivity index (χ3v) is 3.35. The van der Waals surface area contributed by atoms with Crippen molar-refractivity contribution in [1.29, 1.82) is 0 Å². The topological polar surface area (TPSA) is 3.24 Å². The second kappa shape index (κ2) is 3.85. The number of rotatable bonds is 1. The van der Waals surface area contributed by atoms with Crippen molar-refractivity contribution in [2.75, 3.05) is 19.0 Å². The maximum atomic E-state index is 4.54. The van der Waals surface area contributed by atoms with Gasteiger partial charge in [-0.05, 0) is 42.5 Å². The molecular formula is C12H17NS. The van der Waals surface area contributed by atoms with E-state index in [-0.39, 0.29) is 0 Å². The normalized spacial score (nSPS) is 20.4. The van der Waals surface area contributed by atoms with Crippen LogP contribution in [0.15, 0.2) is 18.2 Å². The summed E-state index contributed by atoms with van der Waals surface area (Å²) in [5.41, 5.74) is 4.31. The third kappa shape index (κ3) is 1.90. The molecule has 0 saturated heterocycles. The van der Waals surface area contributed by atoms with Crippen LogP contribution in [0.1, 0.15) is 17.5 Å². The predicted molar refractivity (Wildman–Crippen MR) is 65.6 cm³/mol. The Morgan fingerprint density at radius 3 is 2.79 bits per heavy atom. The number of benzene rings is 1. The average Bonchev–Trinajstić information content (AvgIpc) is 2.16. The second-order valence-corrected chi connectivity index (χ2v) is 4.97. The monoisotopic (exact) mass is 207 g/mol. The first kappa shape index (κ1) is 9.91. The summed E-state index contributed by atoms with van der Waals surface area (Å²) in [5, 5.41) is 0.563. The smallest absolute Gasteiger partial charge is 0.0363 e. The van der Waals surface area contributed by atoms with E-state index >= 15 is 0 Å². The molecule has 1 atom stereocenters. The lowest BCUT2D eigenvalue weighted by Gasteiger charge is -2.23. The van der Waals surface area contributed by atoms with E-state index in [9.17, 15) is 0 Å². The molecule has 1 aromatic carbocycles. The zero-order chi connectivity index (χ0) is 10.1. The van der Waals surface area contributed by atoms with Gasteiger partial charge in [0.05, 0.1) is 0 Å². The molecule has 0 aromatic heterocycles. The van der Waals surface area contributed by atoms with E-state index in [1.54, 1.807) is 0 Å². The Morgan fingerprint density at radius 1 is 1.29 bits per heavy atom. The van der Waals surface area contributed by atoms with Crippen LogP contribution < -0.4 is 4.90 Å². The van der Waals surface area contributed by atoms with Gasteiger partial charge in [-0.15, -0.1) is 0 Å². The molecule has 1 aliphatic rings. The van der Waals surface area contributed by atoms with Gasteiger partial charge in [0.15, 0.2) is 0 Å². The number of nitrogens with zero attached hydrogens (tertiary/aromatic N) is 1. The van der Waals surface area contributed by atoms with Gasteiger partial charge in [-0.2, -0.15) is 12.6 Å². The molecular weight excluding hydrogens is 190 g/mol. The number of hydrogen-bond donors (Lipinski definition) is 1.